The zero-order chi connectivity index (χ0) is 12.5. The number of methoxy groups -OCH3 is 1. The predicted molar refractivity (Wildman–Crippen MR) is 67.4 cm³/mol. The van der Waals surface area contributed by atoms with E-state index in [-0.39, 0.29) is 5.60 Å². The van der Waals surface area contributed by atoms with Crippen LogP contribution in [0.4, 0.5) is 11.5 Å². The van der Waals surface area contributed by atoms with Gasteiger partial charge in [-0.25, -0.2) is 0 Å². The summed E-state index contributed by atoms with van der Waals surface area (Å²) < 4.78 is 10.8. The number of rotatable bonds is 2. The van der Waals surface area contributed by atoms with Crippen molar-refractivity contribution in [3.05, 3.63) is 12.1 Å². The Balaban J connectivity index is 2.26. The Morgan fingerprint density at radius 2 is 2.24 bits per heavy atom. The van der Waals surface area contributed by atoms with Crippen LogP contribution in [-0.2, 0) is 4.74 Å². The molecule has 1 aliphatic rings. The van der Waals surface area contributed by atoms with Gasteiger partial charge in [0, 0.05) is 19.2 Å². The van der Waals surface area contributed by atoms with Gasteiger partial charge in [0.2, 0.25) is 5.88 Å². The average Bonchev–Trinajstić information content (AvgIpc) is 2.28. The van der Waals surface area contributed by atoms with Crippen LogP contribution in [0.5, 0.6) is 5.88 Å². The number of aromatic nitrogens is 1. The molecule has 1 aromatic heterocycles. The van der Waals surface area contributed by atoms with Gasteiger partial charge in [0.15, 0.2) is 5.82 Å². The summed E-state index contributed by atoms with van der Waals surface area (Å²) in [4.78, 5) is 6.54. The second-order valence-electron chi connectivity index (χ2n) is 4.80. The van der Waals surface area contributed by atoms with E-state index in [4.69, 9.17) is 15.2 Å². The van der Waals surface area contributed by atoms with Gasteiger partial charge in [0.05, 0.1) is 25.0 Å². The van der Waals surface area contributed by atoms with Gasteiger partial charge in [-0.2, -0.15) is 4.98 Å². The lowest BCUT2D eigenvalue weighted by molar-refractivity contribution is -0.0278. The van der Waals surface area contributed by atoms with E-state index in [1.807, 2.05) is 6.07 Å². The molecule has 1 fully saturated rings. The molecular weight excluding hydrogens is 218 g/mol. The summed E-state index contributed by atoms with van der Waals surface area (Å²) in [7, 11) is 1.60. The quantitative estimate of drug-likeness (QED) is 0.839. The minimum atomic E-state index is -0.171. The molecule has 1 aromatic rings. The third-order valence-electron chi connectivity index (χ3n) is 2.81. The van der Waals surface area contributed by atoms with Gasteiger partial charge in [0.1, 0.15) is 0 Å². The highest BCUT2D eigenvalue weighted by atomic mass is 16.5. The van der Waals surface area contributed by atoms with E-state index in [0.717, 1.165) is 18.9 Å². The van der Waals surface area contributed by atoms with Crippen LogP contribution < -0.4 is 15.4 Å². The molecule has 2 heterocycles. The fourth-order valence-corrected chi connectivity index (χ4v) is 2.01. The van der Waals surface area contributed by atoms with Crippen molar-refractivity contribution in [2.75, 3.05) is 37.4 Å². The summed E-state index contributed by atoms with van der Waals surface area (Å²) in [6, 6.07) is 3.59. The van der Waals surface area contributed by atoms with Crippen LogP contribution in [0.25, 0.3) is 0 Å². The van der Waals surface area contributed by atoms with Gasteiger partial charge in [-0.1, -0.05) is 0 Å². The number of nitrogens with two attached hydrogens (primary N) is 1. The fourth-order valence-electron chi connectivity index (χ4n) is 2.01. The predicted octanol–water partition coefficient (Wildman–Crippen LogP) is 1.29. The van der Waals surface area contributed by atoms with Gasteiger partial charge in [-0.15, -0.1) is 0 Å². The number of morpholine rings is 1. The standard InChI is InChI=1S/C12H19N3O2/c1-12(2)8-15(6-7-17-12)11-9(13)4-5-10(14-11)16-3/h4-5H,6-8,13H2,1-3H3. The molecule has 0 unspecified atom stereocenters. The zero-order valence-corrected chi connectivity index (χ0v) is 10.6. The van der Waals surface area contributed by atoms with Crippen LogP contribution in [0.3, 0.4) is 0 Å². The maximum atomic E-state index is 5.96. The average molecular weight is 237 g/mol. The summed E-state index contributed by atoms with van der Waals surface area (Å²) in [5, 5.41) is 0. The Kier molecular flexibility index (Phi) is 3.11. The molecule has 0 aromatic carbocycles. The Bertz CT molecular complexity index is 407. The molecule has 1 saturated heterocycles. The van der Waals surface area contributed by atoms with Crippen molar-refractivity contribution in [3.8, 4) is 5.88 Å². The summed E-state index contributed by atoms with van der Waals surface area (Å²) in [6.45, 7) is 6.39. The van der Waals surface area contributed by atoms with Crippen molar-refractivity contribution >= 4 is 11.5 Å². The van der Waals surface area contributed by atoms with Gasteiger partial charge >= 0.3 is 0 Å². The molecule has 94 valence electrons. The summed E-state index contributed by atoms with van der Waals surface area (Å²) in [6.07, 6.45) is 0. The maximum absolute atomic E-state index is 5.96. The molecule has 1 aliphatic heterocycles. The van der Waals surface area contributed by atoms with Crippen LogP contribution in [0.15, 0.2) is 12.1 Å². The minimum Gasteiger partial charge on any atom is -0.481 e. The number of nitrogens with zero attached hydrogens (tertiary/aromatic N) is 2. The molecule has 17 heavy (non-hydrogen) atoms. The van der Waals surface area contributed by atoms with Gasteiger partial charge in [-0.05, 0) is 19.9 Å². The normalized spacial score (nSPS) is 19.1. The molecule has 2 rings (SSSR count). The largest absolute Gasteiger partial charge is 0.481 e. The van der Waals surface area contributed by atoms with Crippen LogP contribution in [-0.4, -0.2) is 37.4 Å². The summed E-state index contributed by atoms with van der Waals surface area (Å²) in [5.41, 5.74) is 6.46. The SMILES string of the molecule is COc1ccc(N)c(N2CCOC(C)(C)C2)n1. The van der Waals surface area contributed by atoms with E-state index in [1.54, 1.807) is 13.2 Å². The zero-order valence-electron chi connectivity index (χ0n) is 10.6. The molecule has 0 spiro atoms. The molecular formula is C12H19N3O2. The molecule has 0 radical (unpaired) electrons. The Morgan fingerprint density at radius 1 is 1.47 bits per heavy atom. The van der Waals surface area contributed by atoms with Gasteiger partial charge in [-0.3, -0.25) is 0 Å². The van der Waals surface area contributed by atoms with E-state index in [1.165, 1.54) is 0 Å². The highest BCUT2D eigenvalue weighted by Crippen LogP contribution is 2.27. The van der Waals surface area contributed by atoms with Crippen molar-refractivity contribution in [1.29, 1.82) is 0 Å². The molecule has 2 N–H and O–H groups in total. The molecule has 5 heteroatoms. The highest BCUT2D eigenvalue weighted by Gasteiger charge is 2.28. The molecule has 0 atom stereocenters. The first-order valence-corrected chi connectivity index (χ1v) is 5.71. The summed E-state index contributed by atoms with van der Waals surface area (Å²) in [5.74, 6) is 1.36. The lowest BCUT2D eigenvalue weighted by Crippen LogP contribution is -2.48. The van der Waals surface area contributed by atoms with E-state index >= 15 is 0 Å². The first-order chi connectivity index (χ1) is 8.02. The second kappa shape index (κ2) is 4.41. The van der Waals surface area contributed by atoms with Crippen LogP contribution in [0.2, 0.25) is 0 Å². The molecule has 0 aliphatic carbocycles. The molecule has 0 saturated carbocycles. The number of ether oxygens (including phenoxy) is 2. The molecule has 0 bridgehead atoms. The fraction of sp³-hybridized carbons (Fsp3) is 0.583. The van der Waals surface area contributed by atoms with E-state index in [9.17, 15) is 0 Å². The lowest BCUT2D eigenvalue weighted by atomic mass is 10.1. The van der Waals surface area contributed by atoms with E-state index < -0.39 is 0 Å². The van der Waals surface area contributed by atoms with Crippen molar-refractivity contribution in [2.24, 2.45) is 0 Å². The third kappa shape index (κ3) is 2.61. The number of nitrogen functional groups attached to an aromatic ring is 1. The Hall–Kier alpha value is -1.49. The van der Waals surface area contributed by atoms with Crippen LogP contribution >= 0.6 is 0 Å². The highest BCUT2D eigenvalue weighted by molar-refractivity contribution is 5.63. The van der Waals surface area contributed by atoms with Crippen molar-refractivity contribution in [1.82, 2.24) is 4.98 Å². The number of pyridine rings is 1. The van der Waals surface area contributed by atoms with Crippen LogP contribution in [0.1, 0.15) is 13.8 Å². The first kappa shape index (κ1) is 12.0. The Morgan fingerprint density at radius 3 is 2.88 bits per heavy atom. The van der Waals surface area contributed by atoms with Crippen molar-refractivity contribution < 1.29 is 9.47 Å². The van der Waals surface area contributed by atoms with Crippen LogP contribution in [0, 0.1) is 0 Å². The number of hydrogen-bond donors (Lipinski definition) is 1. The maximum Gasteiger partial charge on any atom is 0.215 e. The smallest absolute Gasteiger partial charge is 0.215 e. The molecule has 0 amide bonds. The minimum absolute atomic E-state index is 0.171. The number of hydrogen-bond acceptors (Lipinski definition) is 5. The second-order valence-corrected chi connectivity index (χ2v) is 4.80. The summed E-state index contributed by atoms with van der Waals surface area (Å²) >= 11 is 0. The van der Waals surface area contributed by atoms with E-state index in [2.05, 4.69) is 23.7 Å². The number of anilines is 2. The van der Waals surface area contributed by atoms with Crippen molar-refractivity contribution in [2.45, 2.75) is 19.4 Å². The first-order valence-electron chi connectivity index (χ1n) is 5.71. The lowest BCUT2D eigenvalue weighted by Gasteiger charge is -2.39. The van der Waals surface area contributed by atoms with Gasteiger partial charge in [0.25, 0.3) is 0 Å². The van der Waals surface area contributed by atoms with E-state index in [0.29, 0.717) is 18.2 Å². The third-order valence-corrected chi connectivity index (χ3v) is 2.81. The van der Waals surface area contributed by atoms with Crippen molar-refractivity contribution in [3.63, 3.8) is 0 Å². The topological polar surface area (TPSA) is 60.6 Å². The Labute approximate surface area is 102 Å². The molecule has 5 nitrogen and oxygen atoms in total. The van der Waals surface area contributed by atoms with Gasteiger partial charge < -0.3 is 20.1 Å². The monoisotopic (exact) mass is 237 g/mol.